The maximum Gasteiger partial charge on any atom is 0.339 e. The van der Waals surface area contributed by atoms with Gasteiger partial charge >= 0.3 is 11.9 Å². The lowest BCUT2D eigenvalue weighted by atomic mass is 9.88. The number of para-hydroxylation sites is 1. The molecule has 5 rings (SSSR count). The fourth-order valence-electron chi connectivity index (χ4n) is 5.01. The number of Topliss-reactive ketones (excluding diaryl/α,β-unsaturated/α-hetero) is 1. The molecule has 38 heavy (non-hydrogen) atoms. The Hall–Kier alpha value is -4.72. The van der Waals surface area contributed by atoms with Crippen LogP contribution in [0.2, 0.25) is 0 Å². The molecule has 0 aliphatic carbocycles. The first-order valence-electron chi connectivity index (χ1n) is 12.1. The summed E-state index contributed by atoms with van der Waals surface area (Å²) in [4.78, 5) is 45.1. The van der Waals surface area contributed by atoms with E-state index in [4.69, 9.17) is 14.2 Å². The van der Waals surface area contributed by atoms with Crippen molar-refractivity contribution in [3.8, 4) is 16.9 Å². The first-order valence-corrected chi connectivity index (χ1v) is 12.1. The lowest BCUT2D eigenvalue weighted by Gasteiger charge is -2.30. The number of carbonyl (C=O) groups is 3. The number of hydrogen-bond donors (Lipinski definition) is 0. The topological polar surface area (TPSA) is 95.0 Å². The van der Waals surface area contributed by atoms with E-state index < -0.39 is 11.9 Å². The number of ketones is 1. The third kappa shape index (κ3) is 4.14. The summed E-state index contributed by atoms with van der Waals surface area (Å²) >= 11 is 0. The maximum absolute atomic E-state index is 13.2. The van der Waals surface area contributed by atoms with Crippen LogP contribution >= 0.6 is 0 Å². The highest BCUT2D eigenvalue weighted by molar-refractivity contribution is 6.16. The summed E-state index contributed by atoms with van der Waals surface area (Å²) in [5, 5.41) is 1.44. The number of pyridine rings is 1. The average molecular weight is 511 g/mol. The molecule has 0 bridgehead atoms. The summed E-state index contributed by atoms with van der Waals surface area (Å²) in [7, 11) is 4.12. The Morgan fingerprint density at radius 1 is 0.947 bits per heavy atom. The van der Waals surface area contributed by atoms with E-state index in [2.05, 4.69) is 4.98 Å². The number of aromatic nitrogens is 1. The molecule has 192 valence electrons. The molecule has 0 radical (unpaired) electrons. The minimum Gasteiger partial charge on any atom is -0.496 e. The smallest absolute Gasteiger partial charge is 0.339 e. The molecular formula is C30H26N2O6. The van der Waals surface area contributed by atoms with Crippen LogP contribution in [-0.4, -0.2) is 50.6 Å². The Balaban J connectivity index is 1.80. The lowest BCUT2D eigenvalue weighted by Crippen LogP contribution is -2.28. The Morgan fingerprint density at radius 3 is 2.45 bits per heavy atom. The van der Waals surface area contributed by atoms with E-state index in [1.54, 1.807) is 25.4 Å². The van der Waals surface area contributed by atoms with E-state index in [0.717, 1.165) is 16.6 Å². The van der Waals surface area contributed by atoms with Gasteiger partial charge in [-0.15, -0.1) is 0 Å². The second-order valence-electron chi connectivity index (χ2n) is 8.94. The van der Waals surface area contributed by atoms with Gasteiger partial charge in [0.25, 0.3) is 0 Å². The van der Waals surface area contributed by atoms with Crippen LogP contribution in [0.4, 0.5) is 11.5 Å². The largest absolute Gasteiger partial charge is 0.496 e. The third-order valence-electron chi connectivity index (χ3n) is 6.82. The summed E-state index contributed by atoms with van der Waals surface area (Å²) < 4.78 is 15.7. The molecule has 0 unspecified atom stereocenters. The van der Waals surface area contributed by atoms with Crippen molar-refractivity contribution in [3.05, 3.63) is 83.0 Å². The van der Waals surface area contributed by atoms with Gasteiger partial charge in [-0.3, -0.25) is 4.79 Å². The van der Waals surface area contributed by atoms with Crippen molar-refractivity contribution in [1.29, 1.82) is 0 Å². The number of aryl methyl sites for hydroxylation is 1. The Labute approximate surface area is 219 Å². The van der Waals surface area contributed by atoms with Crippen molar-refractivity contribution in [2.75, 3.05) is 32.8 Å². The predicted octanol–water partition coefficient (Wildman–Crippen LogP) is 5.52. The number of nitrogens with zero attached hydrogens (tertiary/aromatic N) is 2. The molecule has 8 nitrogen and oxygen atoms in total. The number of carbonyl (C=O) groups excluding carboxylic acids is 3. The van der Waals surface area contributed by atoms with Gasteiger partial charge in [-0.2, -0.15) is 0 Å². The van der Waals surface area contributed by atoms with Crippen LogP contribution in [0.5, 0.6) is 5.75 Å². The fraction of sp³-hybridized carbons (Fsp3) is 0.200. The van der Waals surface area contributed by atoms with Gasteiger partial charge in [0.2, 0.25) is 0 Å². The van der Waals surface area contributed by atoms with Gasteiger partial charge in [0.1, 0.15) is 11.6 Å². The molecule has 1 aromatic heterocycles. The normalized spacial score (nSPS) is 12.7. The molecule has 0 fully saturated rings. The SMILES string of the molecule is COC(=O)c1cc2cc(OC)c(C)cc2c(-c2ccnc(N3CCC(=O)c4ccccc43)c2)c1C(=O)OC. The zero-order valence-corrected chi connectivity index (χ0v) is 21.5. The monoisotopic (exact) mass is 510 g/mol. The molecule has 1 aliphatic heterocycles. The Morgan fingerprint density at radius 2 is 1.71 bits per heavy atom. The molecule has 3 aromatic carbocycles. The van der Waals surface area contributed by atoms with E-state index in [1.165, 1.54) is 14.2 Å². The van der Waals surface area contributed by atoms with Crippen LogP contribution in [0.15, 0.2) is 60.8 Å². The molecule has 0 saturated carbocycles. The lowest BCUT2D eigenvalue weighted by molar-refractivity contribution is 0.0556. The number of esters is 2. The summed E-state index contributed by atoms with van der Waals surface area (Å²) in [5.74, 6) is 0.0197. The molecular weight excluding hydrogens is 484 g/mol. The fourth-order valence-corrected chi connectivity index (χ4v) is 5.01. The third-order valence-corrected chi connectivity index (χ3v) is 6.82. The Kier molecular flexibility index (Phi) is 6.55. The van der Waals surface area contributed by atoms with Gasteiger partial charge in [-0.1, -0.05) is 12.1 Å². The summed E-state index contributed by atoms with van der Waals surface area (Å²) in [6, 6.07) is 16.4. The van der Waals surface area contributed by atoms with Crippen molar-refractivity contribution < 1.29 is 28.6 Å². The highest BCUT2D eigenvalue weighted by Crippen LogP contribution is 2.40. The van der Waals surface area contributed by atoms with Gasteiger partial charge in [0.05, 0.1) is 38.1 Å². The number of rotatable bonds is 5. The molecule has 4 aromatic rings. The van der Waals surface area contributed by atoms with Crippen molar-refractivity contribution >= 4 is 40.0 Å². The van der Waals surface area contributed by atoms with E-state index in [0.29, 0.717) is 46.6 Å². The van der Waals surface area contributed by atoms with Crippen LogP contribution in [0.3, 0.4) is 0 Å². The van der Waals surface area contributed by atoms with E-state index in [9.17, 15) is 14.4 Å². The molecule has 0 amide bonds. The number of ether oxygens (including phenoxy) is 3. The molecule has 0 N–H and O–H groups in total. The van der Waals surface area contributed by atoms with Crippen molar-refractivity contribution in [3.63, 3.8) is 0 Å². The van der Waals surface area contributed by atoms with Gasteiger partial charge in [0.15, 0.2) is 5.78 Å². The van der Waals surface area contributed by atoms with Crippen LogP contribution < -0.4 is 9.64 Å². The molecule has 0 saturated heterocycles. The van der Waals surface area contributed by atoms with E-state index in [1.807, 2.05) is 54.3 Å². The number of methoxy groups -OCH3 is 3. The first-order chi connectivity index (χ1) is 18.4. The standard InChI is InChI=1S/C30H26N2O6/c1-17-13-21-19(15-25(17)36-2)14-22(29(34)37-3)28(30(35)38-4)27(21)18-9-11-31-26(16-18)32-12-10-24(33)20-7-5-6-8-23(20)32/h5-9,11,13-16H,10,12H2,1-4H3. The van der Waals surface area contributed by atoms with Gasteiger partial charge in [-0.25, -0.2) is 14.6 Å². The average Bonchev–Trinajstić information content (AvgIpc) is 2.95. The second-order valence-corrected chi connectivity index (χ2v) is 8.94. The van der Waals surface area contributed by atoms with E-state index in [-0.39, 0.29) is 16.9 Å². The number of fused-ring (bicyclic) bond motifs is 2. The summed E-state index contributed by atoms with van der Waals surface area (Å²) in [5.41, 5.74) is 3.64. The second kappa shape index (κ2) is 9.97. The molecule has 0 atom stereocenters. The summed E-state index contributed by atoms with van der Waals surface area (Å²) in [6.45, 7) is 2.38. The summed E-state index contributed by atoms with van der Waals surface area (Å²) in [6.07, 6.45) is 2.01. The van der Waals surface area contributed by atoms with Gasteiger partial charge < -0.3 is 19.1 Å². The number of anilines is 2. The van der Waals surface area contributed by atoms with Crippen molar-refractivity contribution in [1.82, 2.24) is 4.98 Å². The molecule has 2 heterocycles. The maximum atomic E-state index is 13.2. The highest BCUT2D eigenvalue weighted by Gasteiger charge is 2.28. The van der Waals surface area contributed by atoms with Crippen molar-refractivity contribution in [2.24, 2.45) is 0 Å². The molecule has 0 spiro atoms. The number of hydrogen-bond acceptors (Lipinski definition) is 8. The highest BCUT2D eigenvalue weighted by atomic mass is 16.5. The minimum atomic E-state index is -0.664. The zero-order valence-electron chi connectivity index (χ0n) is 21.5. The first kappa shape index (κ1) is 25.0. The predicted molar refractivity (Wildman–Crippen MR) is 144 cm³/mol. The van der Waals surface area contributed by atoms with Crippen LogP contribution in [-0.2, 0) is 9.47 Å². The molecule has 8 heteroatoms. The van der Waals surface area contributed by atoms with Crippen LogP contribution in [0.1, 0.15) is 43.1 Å². The number of benzene rings is 3. The molecule has 1 aliphatic rings. The van der Waals surface area contributed by atoms with Crippen molar-refractivity contribution in [2.45, 2.75) is 13.3 Å². The quantitative estimate of drug-likeness (QED) is 0.324. The van der Waals surface area contributed by atoms with Gasteiger partial charge in [0, 0.05) is 30.3 Å². The van der Waals surface area contributed by atoms with Crippen LogP contribution in [0, 0.1) is 6.92 Å². The zero-order chi connectivity index (χ0) is 27.0. The van der Waals surface area contributed by atoms with E-state index >= 15 is 0 Å². The van der Waals surface area contributed by atoms with Crippen LogP contribution in [0.25, 0.3) is 21.9 Å². The minimum absolute atomic E-state index is 0.0834. The Bertz CT molecular complexity index is 1610. The van der Waals surface area contributed by atoms with Gasteiger partial charge in [-0.05, 0) is 71.3 Å².